The molecule has 0 aliphatic heterocycles. The Bertz CT molecular complexity index is 1470. The zero-order valence-corrected chi connectivity index (χ0v) is 22.2. The van der Waals surface area contributed by atoms with Gasteiger partial charge in [-0.2, -0.15) is 0 Å². The fraction of sp³-hybridized carbons (Fsp3) is 0.414. The predicted octanol–water partition coefficient (Wildman–Crippen LogP) is 0.147. The van der Waals surface area contributed by atoms with Crippen LogP contribution >= 0.6 is 0 Å². The predicted molar refractivity (Wildman–Crippen MR) is 140 cm³/mol. The molecule has 0 saturated heterocycles. The second-order valence-electron chi connectivity index (χ2n) is 11.0. The average Bonchev–Trinajstić information content (AvgIpc) is 2.90. The Labute approximate surface area is 229 Å². The third-order valence-electron chi connectivity index (χ3n) is 8.84. The molecule has 0 aromatic heterocycles. The second kappa shape index (κ2) is 9.61. The van der Waals surface area contributed by atoms with Crippen LogP contribution in [0.3, 0.4) is 0 Å². The number of phenols is 1. The van der Waals surface area contributed by atoms with E-state index < -0.39 is 64.7 Å². The molecular formula is C29H30N2O9. The van der Waals surface area contributed by atoms with Crippen molar-refractivity contribution in [2.75, 3.05) is 21.2 Å². The molecule has 1 amide bonds. The van der Waals surface area contributed by atoms with Gasteiger partial charge < -0.3 is 30.7 Å². The fourth-order valence-electron chi connectivity index (χ4n) is 7.09. The maximum absolute atomic E-state index is 13.9. The Kier molecular flexibility index (Phi) is 6.64. The smallest absolute Gasteiger partial charge is 0.230 e. The van der Waals surface area contributed by atoms with Gasteiger partial charge in [-0.15, -0.1) is 0 Å². The van der Waals surface area contributed by atoms with Crippen molar-refractivity contribution in [3.05, 3.63) is 47.0 Å². The number of carbonyl (C=O) groups is 5. The van der Waals surface area contributed by atoms with E-state index in [1.807, 2.05) is 0 Å². The molecule has 3 unspecified atom stereocenters. The minimum absolute atomic E-state index is 0.00646. The van der Waals surface area contributed by atoms with E-state index in [0.29, 0.717) is 28.7 Å². The van der Waals surface area contributed by atoms with Gasteiger partial charge in [-0.3, -0.25) is 24.0 Å². The number of primary amides is 1. The molecule has 11 nitrogen and oxygen atoms in total. The quantitative estimate of drug-likeness (QED) is 0.295. The van der Waals surface area contributed by atoms with Gasteiger partial charge in [-0.1, -0.05) is 12.1 Å². The van der Waals surface area contributed by atoms with Gasteiger partial charge in [0.25, 0.3) is 0 Å². The summed E-state index contributed by atoms with van der Waals surface area (Å²) in [6.45, 7) is 0. The Hall–Kier alpha value is -3.93. The van der Waals surface area contributed by atoms with E-state index in [9.17, 15) is 39.3 Å². The number of aliphatic hydroxyl groups excluding tert-OH is 1. The number of phenolic OH excluding ortho intramolecular Hbond substituents is 1. The molecule has 3 aliphatic carbocycles. The molecule has 2 aromatic rings. The zero-order valence-electron chi connectivity index (χ0n) is 22.2. The van der Waals surface area contributed by atoms with Crippen molar-refractivity contribution in [3.63, 3.8) is 0 Å². The van der Waals surface area contributed by atoms with E-state index in [4.69, 9.17) is 10.5 Å². The summed E-state index contributed by atoms with van der Waals surface area (Å²) in [5.41, 5.74) is 4.48. The Balaban J connectivity index is 1.65. The highest BCUT2D eigenvalue weighted by Crippen LogP contribution is 2.52. The summed E-state index contributed by atoms with van der Waals surface area (Å²) in [7, 11) is 4.61. The molecule has 3 aliphatic rings. The summed E-state index contributed by atoms with van der Waals surface area (Å²) >= 11 is 0. The summed E-state index contributed by atoms with van der Waals surface area (Å²) in [6.07, 6.45) is -0.780. The van der Waals surface area contributed by atoms with Crippen LogP contribution in [0.4, 0.5) is 0 Å². The van der Waals surface area contributed by atoms with Crippen molar-refractivity contribution < 1.29 is 44.0 Å². The van der Waals surface area contributed by atoms with Crippen LogP contribution in [0.25, 0.3) is 11.1 Å². The van der Waals surface area contributed by atoms with Crippen LogP contribution in [-0.4, -0.2) is 88.7 Å². The van der Waals surface area contributed by atoms with E-state index in [1.165, 1.54) is 18.1 Å². The molecule has 5 rings (SSSR count). The lowest BCUT2D eigenvalue weighted by molar-refractivity contribution is -0.190. The molecule has 11 heteroatoms. The number of nitrogens with zero attached hydrogens (tertiary/aromatic N) is 1. The number of hydrogen-bond donors (Lipinski definition) is 4. The summed E-state index contributed by atoms with van der Waals surface area (Å²) in [4.78, 5) is 66.5. The van der Waals surface area contributed by atoms with Crippen molar-refractivity contribution in [2.24, 2.45) is 29.4 Å². The van der Waals surface area contributed by atoms with Crippen molar-refractivity contribution >= 4 is 29.5 Å². The van der Waals surface area contributed by atoms with Crippen LogP contribution in [0.5, 0.6) is 11.5 Å². The number of methoxy groups -OCH3 is 1. The molecular weight excluding hydrogens is 520 g/mol. The van der Waals surface area contributed by atoms with Gasteiger partial charge in [0.15, 0.2) is 29.2 Å². The molecule has 0 heterocycles. The summed E-state index contributed by atoms with van der Waals surface area (Å²) in [5.74, 6) is -9.27. The monoisotopic (exact) mass is 550 g/mol. The molecule has 7 atom stereocenters. The second-order valence-corrected chi connectivity index (χ2v) is 11.0. The summed E-state index contributed by atoms with van der Waals surface area (Å²) in [5, 5.41) is 33.4. The van der Waals surface area contributed by atoms with Gasteiger partial charge in [0.2, 0.25) is 5.91 Å². The third kappa shape index (κ3) is 3.72. The number of Topliss-reactive ketones (excluding diaryl/α,β-unsaturated/α-hetero) is 3. The number of hydrogen-bond acceptors (Lipinski definition) is 10. The molecule has 40 heavy (non-hydrogen) atoms. The van der Waals surface area contributed by atoms with E-state index in [2.05, 4.69) is 0 Å². The number of likely N-dealkylation sites (N-methyl/N-ethyl adjacent to an activating group) is 1. The minimum Gasteiger partial charge on any atom is -0.507 e. The molecule has 0 radical (unpaired) electrons. The molecule has 0 bridgehead atoms. The van der Waals surface area contributed by atoms with Crippen molar-refractivity contribution in [1.29, 1.82) is 0 Å². The number of benzene rings is 2. The zero-order chi connectivity index (χ0) is 29.3. The highest BCUT2D eigenvalue weighted by molar-refractivity contribution is 6.25. The number of rotatable bonds is 5. The number of fused-ring (bicyclic) bond motifs is 3. The van der Waals surface area contributed by atoms with Crippen LogP contribution in [-0.2, 0) is 20.8 Å². The van der Waals surface area contributed by atoms with Crippen LogP contribution in [0.1, 0.15) is 32.7 Å². The largest absolute Gasteiger partial charge is 0.507 e. The molecule has 2 saturated carbocycles. The number of ether oxygens (including phenoxy) is 1. The number of aldehydes is 1. The standard InChI is InChI=1S/C29H30N2O9/c1-31(2)23-17-10-13-9-16-15(12-4-7-19(40-3)14(8-12)11-32)5-6-18(33)21(16)24(34)20(13)26(36)29(17,39)27(37)22(25(23)35)28(30)38/h4-8,11,13,17,20,22-23,25,33,35,39H,9-10H2,1-3H3,(H2,30,38)/t13-,17-,20?,22?,23-,25?,29-/m1/s1. The Morgan fingerprint density at radius 3 is 2.45 bits per heavy atom. The molecule has 5 N–H and O–H groups in total. The maximum atomic E-state index is 13.9. The first-order valence-electron chi connectivity index (χ1n) is 12.9. The van der Waals surface area contributed by atoms with Crippen molar-refractivity contribution in [2.45, 2.75) is 30.6 Å². The summed E-state index contributed by atoms with van der Waals surface area (Å²) < 4.78 is 5.22. The first kappa shape index (κ1) is 27.6. The van der Waals surface area contributed by atoms with E-state index in [0.717, 1.165) is 0 Å². The number of aliphatic hydroxyl groups is 2. The van der Waals surface area contributed by atoms with Crippen LogP contribution in [0, 0.1) is 23.7 Å². The minimum atomic E-state index is -2.72. The van der Waals surface area contributed by atoms with Crippen molar-refractivity contribution in [1.82, 2.24) is 4.90 Å². The lowest BCUT2D eigenvalue weighted by atomic mass is 9.52. The van der Waals surface area contributed by atoms with Crippen LogP contribution in [0.2, 0.25) is 0 Å². The highest BCUT2D eigenvalue weighted by atomic mass is 16.5. The van der Waals surface area contributed by atoms with E-state index in [1.54, 1.807) is 38.4 Å². The lowest BCUT2D eigenvalue weighted by Gasteiger charge is -2.54. The topological polar surface area (TPSA) is 185 Å². The van der Waals surface area contributed by atoms with Crippen molar-refractivity contribution in [3.8, 4) is 22.6 Å². The normalized spacial score (nSPS) is 31.3. The lowest BCUT2D eigenvalue weighted by Crippen LogP contribution is -2.75. The first-order chi connectivity index (χ1) is 18.9. The van der Waals surface area contributed by atoms with E-state index >= 15 is 0 Å². The summed E-state index contributed by atoms with van der Waals surface area (Å²) in [6, 6.07) is 6.87. The third-order valence-corrected chi connectivity index (χ3v) is 8.84. The molecule has 0 spiro atoms. The Morgan fingerprint density at radius 1 is 1.15 bits per heavy atom. The van der Waals surface area contributed by atoms with Gasteiger partial charge >= 0.3 is 0 Å². The van der Waals surface area contributed by atoms with Crippen LogP contribution in [0.15, 0.2) is 30.3 Å². The average molecular weight is 551 g/mol. The first-order valence-corrected chi connectivity index (χ1v) is 12.9. The number of aromatic hydroxyl groups is 1. The van der Waals surface area contributed by atoms with E-state index in [-0.39, 0.29) is 29.7 Å². The van der Waals surface area contributed by atoms with Gasteiger partial charge in [0.1, 0.15) is 17.4 Å². The van der Waals surface area contributed by atoms with Crippen LogP contribution < -0.4 is 10.5 Å². The van der Waals surface area contributed by atoms with Gasteiger partial charge in [-0.25, -0.2) is 0 Å². The van der Waals surface area contributed by atoms with Gasteiger partial charge in [-0.05, 0) is 67.7 Å². The molecule has 210 valence electrons. The number of ketones is 3. The van der Waals surface area contributed by atoms with Gasteiger partial charge in [0, 0.05) is 12.0 Å². The number of nitrogens with two attached hydrogens (primary N) is 1. The maximum Gasteiger partial charge on any atom is 0.230 e. The highest BCUT2D eigenvalue weighted by Gasteiger charge is 2.69. The molecule has 2 fully saturated rings. The fourth-order valence-corrected chi connectivity index (χ4v) is 7.09. The van der Waals surface area contributed by atoms with Gasteiger partial charge in [0.05, 0.1) is 30.3 Å². The Morgan fingerprint density at radius 2 is 1.85 bits per heavy atom. The molecule has 2 aromatic carbocycles. The SMILES string of the molecule is COc1ccc(-c2ccc(O)c3c2C[C@@H]2C[C@@H]4[C@@H](N(C)C)C(O)C(C(N)=O)C(=O)[C@]4(O)C(=O)C2C3=O)cc1C=O. The number of amides is 1. The number of carbonyl (C=O) groups excluding carboxylic acids is 5.